The molecule has 2 N–H and O–H groups in total. The molecule has 2 heteroatoms. The lowest BCUT2D eigenvalue weighted by molar-refractivity contribution is 0.261. The minimum absolute atomic E-state index is 0.922. The standard InChI is InChI=1S/C5H9NO/c1-5(2)3-4-7-6/h3-4H,1,6H2,2H3. The van der Waals surface area contributed by atoms with Gasteiger partial charge in [0.1, 0.15) is 6.26 Å². The summed E-state index contributed by atoms with van der Waals surface area (Å²) >= 11 is 0. The molecule has 0 fully saturated rings. The summed E-state index contributed by atoms with van der Waals surface area (Å²) in [5.41, 5.74) is 0.922. The van der Waals surface area contributed by atoms with Crippen LogP contribution < -0.4 is 5.90 Å². The van der Waals surface area contributed by atoms with E-state index in [1.165, 1.54) is 6.26 Å². The maximum atomic E-state index is 4.65. The lowest BCUT2D eigenvalue weighted by atomic mass is 10.4. The molecule has 0 aromatic carbocycles. The van der Waals surface area contributed by atoms with Gasteiger partial charge in [0.15, 0.2) is 0 Å². The molecule has 0 radical (unpaired) electrons. The Labute approximate surface area is 43.2 Å². The summed E-state index contributed by atoms with van der Waals surface area (Å²) in [6.07, 6.45) is 3.06. The predicted molar refractivity (Wildman–Crippen MR) is 29.2 cm³/mol. The van der Waals surface area contributed by atoms with Crippen molar-refractivity contribution < 1.29 is 4.84 Å². The Morgan fingerprint density at radius 1 is 1.86 bits per heavy atom. The van der Waals surface area contributed by atoms with Crippen molar-refractivity contribution >= 4 is 0 Å². The Morgan fingerprint density at radius 2 is 2.43 bits per heavy atom. The van der Waals surface area contributed by atoms with E-state index in [2.05, 4.69) is 17.3 Å². The SMILES string of the molecule is C=C(C)C=CON. The highest BCUT2D eigenvalue weighted by atomic mass is 16.6. The van der Waals surface area contributed by atoms with Gasteiger partial charge in [-0.25, -0.2) is 0 Å². The fourth-order valence-electron chi connectivity index (χ4n) is 0.155. The summed E-state index contributed by atoms with van der Waals surface area (Å²) in [5.74, 6) is 4.65. The van der Waals surface area contributed by atoms with Gasteiger partial charge in [0, 0.05) is 0 Å². The van der Waals surface area contributed by atoms with Gasteiger partial charge >= 0.3 is 0 Å². The van der Waals surface area contributed by atoms with Crippen molar-refractivity contribution in [3.63, 3.8) is 0 Å². The lowest BCUT2D eigenvalue weighted by Gasteiger charge is -1.83. The molecular formula is C5H9NO. The molecule has 0 atom stereocenters. The predicted octanol–water partition coefficient (Wildman–Crippen LogP) is 0.966. The highest BCUT2D eigenvalue weighted by Crippen LogP contribution is 1.85. The molecule has 0 spiro atoms. The average Bonchev–Trinajstić information content (AvgIpc) is 1.61. The molecule has 0 bridgehead atoms. The van der Waals surface area contributed by atoms with Crippen LogP contribution in [0.5, 0.6) is 0 Å². The Hall–Kier alpha value is -0.760. The minimum Gasteiger partial charge on any atom is -0.419 e. The first-order valence-electron chi connectivity index (χ1n) is 1.95. The van der Waals surface area contributed by atoms with Crippen molar-refractivity contribution in [2.24, 2.45) is 5.90 Å². The van der Waals surface area contributed by atoms with Crippen LogP contribution in [0.3, 0.4) is 0 Å². The van der Waals surface area contributed by atoms with Gasteiger partial charge in [0.25, 0.3) is 0 Å². The summed E-state index contributed by atoms with van der Waals surface area (Å²) < 4.78 is 0. The minimum atomic E-state index is 0.922. The second-order valence-corrected chi connectivity index (χ2v) is 1.29. The normalized spacial score (nSPS) is 9.43. The van der Waals surface area contributed by atoms with Crippen molar-refractivity contribution in [2.75, 3.05) is 0 Å². The van der Waals surface area contributed by atoms with E-state index in [1.807, 2.05) is 6.92 Å². The monoisotopic (exact) mass is 99.1 g/mol. The smallest absolute Gasteiger partial charge is 0.111 e. The average molecular weight is 99.1 g/mol. The lowest BCUT2D eigenvalue weighted by Crippen LogP contribution is -1.87. The van der Waals surface area contributed by atoms with Gasteiger partial charge in [-0.1, -0.05) is 12.2 Å². The first kappa shape index (κ1) is 6.24. The van der Waals surface area contributed by atoms with E-state index in [-0.39, 0.29) is 0 Å². The van der Waals surface area contributed by atoms with Crippen molar-refractivity contribution in [3.8, 4) is 0 Å². The second kappa shape index (κ2) is 3.43. The largest absolute Gasteiger partial charge is 0.419 e. The molecule has 0 saturated heterocycles. The third-order valence-corrected chi connectivity index (χ3v) is 0.431. The van der Waals surface area contributed by atoms with Crippen LogP contribution in [-0.4, -0.2) is 0 Å². The van der Waals surface area contributed by atoms with Gasteiger partial charge < -0.3 is 4.84 Å². The summed E-state index contributed by atoms with van der Waals surface area (Å²) in [6, 6.07) is 0. The number of nitrogens with two attached hydrogens (primary N) is 1. The van der Waals surface area contributed by atoms with Crippen LogP contribution in [0.4, 0.5) is 0 Å². The molecule has 0 rings (SSSR count). The van der Waals surface area contributed by atoms with Crippen molar-refractivity contribution in [2.45, 2.75) is 6.92 Å². The highest BCUT2D eigenvalue weighted by Gasteiger charge is 1.68. The summed E-state index contributed by atoms with van der Waals surface area (Å²) in [7, 11) is 0. The quantitative estimate of drug-likeness (QED) is 0.318. The molecule has 2 nitrogen and oxygen atoms in total. The van der Waals surface area contributed by atoms with Gasteiger partial charge in [-0.3, -0.25) is 0 Å². The Bertz CT molecular complexity index is 86.1. The van der Waals surface area contributed by atoms with E-state index in [0.29, 0.717) is 0 Å². The van der Waals surface area contributed by atoms with Crippen molar-refractivity contribution in [1.29, 1.82) is 0 Å². The number of allylic oxidation sites excluding steroid dienone is 2. The van der Waals surface area contributed by atoms with Crippen molar-refractivity contribution in [3.05, 3.63) is 24.5 Å². The van der Waals surface area contributed by atoms with Gasteiger partial charge in [0.2, 0.25) is 0 Å². The molecule has 0 unspecified atom stereocenters. The van der Waals surface area contributed by atoms with Crippen LogP contribution in [-0.2, 0) is 4.84 Å². The van der Waals surface area contributed by atoms with Gasteiger partial charge in [0.05, 0.1) is 0 Å². The fraction of sp³-hybridized carbons (Fsp3) is 0.200. The second-order valence-electron chi connectivity index (χ2n) is 1.29. The van der Waals surface area contributed by atoms with Gasteiger partial charge in [-0.2, -0.15) is 5.90 Å². The van der Waals surface area contributed by atoms with Crippen molar-refractivity contribution in [1.82, 2.24) is 0 Å². The molecule has 40 valence electrons. The zero-order chi connectivity index (χ0) is 5.70. The Kier molecular flexibility index (Phi) is 3.06. The zero-order valence-corrected chi connectivity index (χ0v) is 4.35. The third kappa shape index (κ3) is 5.24. The van der Waals surface area contributed by atoms with E-state index in [4.69, 9.17) is 0 Å². The summed E-state index contributed by atoms with van der Waals surface area (Å²) in [5, 5.41) is 0. The number of hydrogen-bond donors (Lipinski definition) is 1. The number of hydrogen-bond acceptors (Lipinski definition) is 2. The van der Waals surface area contributed by atoms with E-state index >= 15 is 0 Å². The van der Waals surface area contributed by atoms with E-state index in [0.717, 1.165) is 5.57 Å². The highest BCUT2D eigenvalue weighted by molar-refractivity contribution is 5.08. The Morgan fingerprint density at radius 3 is 2.57 bits per heavy atom. The molecule has 7 heavy (non-hydrogen) atoms. The van der Waals surface area contributed by atoms with Crippen LogP contribution in [0.2, 0.25) is 0 Å². The maximum absolute atomic E-state index is 4.65. The molecule has 0 aliphatic heterocycles. The van der Waals surface area contributed by atoms with Crippen LogP contribution in [0.1, 0.15) is 6.92 Å². The van der Waals surface area contributed by atoms with E-state index < -0.39 is 0 Å². The topological polar surface area (TPSA) is 35.2 Å². The first-order valence-corrected chi connectivity index (χ1v) is 1.95. The van der Waals surface area contributed by atoms with Gasteiger partial charge in [-0.15, -0.1) is 0 Å². The Balaban J connectivity index is 3.26. The fourth-order valence-corrected chi connectivity index (χ4v) is 0.155. The summed E-state index contributed by atoms with van der Waals surface area (Å²) in [4.78, 5) is 4.11. The molecular weight excluding hydrogens is 90.1 g/mol. The van der Waals surface area contributed by atoms with Crippen LogP contribution >= 0.6 is 0 Å². The third-order valence-electron chi connectivity index (χ3n) is 0.431. The molecule has 0 amide bonds. The molecule has 0 aromatic heterocycles. The molecule has 0 aromatic rings. The number of rotatable bonds is 2. The molecule has 0 aliphatic rings. The van der Waals surface area contributed by atoms with Crippen LogP contribution in [0.15, 0.2) is 24.5 Å². The first-order chi connectivity index (χ1) is 3.27. The molecule has 0 aliphatic carbocycles. The van der Waals surface area contributed by atoms with Crippen LogP contribution in [0.25, 0.3) is 0 Å². The van der Waals surface area contributed by atoms with Gasteiger partial charge in [-0.05, 0) is 13.0 Å². The molecule has 0 heterocycles. The van der Waals surface area contributed by atoms with E-state index in [1.54, 1.807) is 6.08 Å². The molecule has 0 saturated carbocycles. The van der Waals surface area contributed by atoms with Crippen LogP contribution in [0, 0.1) is 0 Å². The maximum Gasteiger partial charge on any atom is 0.111 e. The zero-order valence-electron chi connectivity index (χ0n) is 4.35. The van der Waals surface area contributed by atoms with E-state index in [9.17, 15) is 0 Å². The summed E-state index contributed by atoms with van der Waals surface area (Å²) in [6.45, 7) is 5.43.